The molecule has 1 atom stereocenters. The predicted octanol–water partition coefficient (Wildman–Crippen LogP) is 2.87. The number of rotatable bonds is 2. The maximum Gasteiger partial charge on any atom is 0.134 e. The number of phenolic OH excluding ortho intramolecular Hbond substituents is 1. The first-order valence-corrected chi connectivity index (χ1v) is 6.68. The third-order valence-corrected chi connectivity index (χ3v) is 3.96. The molecule has 2 rings (SSSR count). The molecular weight excluding hydrogens is 332 g/mol. The minimum Gasteiger partial charge on any atom is -0.506 e. The summed E-state index contributed by atoms with van der Waals surface area (Å²) in [6.07, 6.45) is 1.77. The quantitative estimate of drug-likeness (QED) is 0.862. The van der Waals surface area contributed by atoms with Gasteiger partial charge in [-0.25, -0.2) is 0 Å². The van der Waals surface area contributed by atoms with Gasteiger partial charge in [0, 0.05) is 24.8 Å². The van der Waals surface area contributed by atoms with E-state index in [4.69, 9.17) is 15.7 Å². The zero-order chi connectivity index (χ0) is 13.1. The van der Waals surface area contributed by atoms with Crippen molar-refractivity contribution < 1.29 is 9.84 Å². The van der Waals surface area contributed by atoms with Crippen LogP contribution < -0.4 is 5.73 Å². The van der Waals surface area contributed by atoms with Gasteiger partial charge in [-0.3, -0.25) is 0 Å². The monoisotopic (exact) mass is 346 g/mol. The number of phenols is 1. The zero-order valence-electron chi connectivity index (χ0n) is 10.3. The molecule has 104 valence electrons. The van der Waals surface area contributed by atoms with Crippen molar-refractivity contribution in [1.29, 1.82) is 5.26 Å². The van der Waals surface area contributed by atoms with Crippen LogP contribution >= 0.6 is 28.3 Å². The van der Waals surface area contributed by atoms with E-state index in [0.29, 0.717) is 28.8 Å². The molecule has 1 aliphatic rings. The molecule has 1 aromatic carbocycles. The van der Waals surface area contributed by atoms with Crippen LogP contribution in [0.5, 0.6) is 5.75 Å². The van der Waals surface area contributed by atoms with Crippen LogP contribution in [-0.2, 0) is 4.74 Å². The zero-order valence-corrected chi connectivity index (χ0v) is 12.7. The molecule has 0 aliphatic carbocycles. The molecular formula is C13H16BrClN2O2. The number of ether oxygens (including phenoxy) is 1. The molecule has 1 fully saturated rings. The Hall–Kier alpha value is -0.800. The first kappa shape index (κ1) is 16.3. The summed E-state index contributed by atoms with van der Waals surface area (Å²) < 4.78 is 5.82. The Balaban J connectivity index is 0.00000180. The fourth-order valence-electron chi connectivity index (χ4n) is 2.27. The van der Waals surface area contributed by atoms with Crippen molar-refractivity contribution in [3.63, 3.8) is 0 Å². The largest absolute Gasteiger partial charge is 0.506 e. The molecule has 0 bridgehead atoms. The van der Waals surface area contributed by atoms with Crippen molar-refractivity contribution in [2.75, 3.05) is 13.2 Å². The van der Waals surface area contributed by atoms with Gasteiger partial charge >= 0.3 is 0 Å². The van der Waals surface area contributed by atoms with Gasteiger partial charge in [0.15, 0.2) is 0 Å². The molecule has 0 radical (unpaired) electrons. The van der Waals surface area contributed by atoms with Crippen LogP contribution in [0, 0.1) is 17.2 Å². The van der Waals surface area contributed by atoms with Crippen molar-refractivity contribution in [2.24, 2.45) is 11.7 Å². The predicted molar refractivity (Wildman–Crippen MR) is 78.2 cm³/mol. The summed E-state index contributed by atoms with van der Waals surface area (Å²) in [6, 6.07) is 5.07. The Morgan fingerprint density at radius 3 is 2.63 bits per heavy atom. The summed E-state index contributed by atoms with van der Waals surface area (Å²) in [5, 5.41) is 19.0. The van der Waals surface area contributed by atoms with E-state index in [-0.39, 0.29) is 30.1 Å². The highest BCUT2D eigenvalue weighted by atomic mass is 79.9. The third kappa shape index (κ3) is 3.61. The first-order valence-electron chi connectivity index (χ1n) is 5.89. The first-order chi connectivity index (χ1) is 8.63. The summed E-state index contributed by atoms with van der Waals surface area (Å²) in [5.41, 5.74) is 7.35. The summed E-state index contributed by atoms with van der Waals surface area (Å²) in [6.45, 7) is 1.41. The number of hydrogen-bond acceptors (Lipinski definition) is 4. The number of nitrogens with two attached hydrogens (primary N) is 1. The topological polar surface area (TPSA) is 79.3 Å². The highest BCUT2D eigenvalue weighted by molar-refractivity contribution is 9.10. The molecule has 19 heavy (non-hydrogen) atoms. The van der Waals surface area contributed by atoms with Crippen molar-refractivity contribution in [3.05, 3.63) is 27.7 Å². The number of nitrogens with zero attached hydrogens (tertiary/aromatic N) is 1. The van der Waals surface area contributed by atoms with Crippen LogP contribution in [0.15, 0.2) is 16.6 Å². The maximum absolute atomic E-state index is 10.1. The molecule has 1 aliphatic heterocycles. The maximum atomic E-state index is 10.1. The third-order valence-electron chi connectivity index (χ3n) is 3.35. The molecule has 0 spiro atoms. The lowest BCUT2D eigenvalue weighted by Crippen LogP contribution is -2.27. The lowest BCUT2D eigenvalue weighted by Gasteiger charge is -2.28. The SMILES string of the molecule is Cl.N#Cc1cc(Br)c(O)c([C@@H](N)C2CCOCC2)c1. The summed E-state index contributed by atoms with van der Waals surface area (Å²) in [5.74, 6) is 0.415. The Labute approximate surface area is 127 Å². The van der Waals surface area contributed by atoms with Crippen molar-refractivity contribution >= 4 is 28.3 Å². The number of hydrogen-bond donors (Lipinski definition) is 2. The second-order valence-corrected chi connectivity index (χ2v) is 5.34. The van der Waals surface area contributed by atoms with E-state index in [0.717, 1.165) is 12.8 Å². The van der Waals surface area contributed by atoms with Gasteiger partial charge in [0.05, 0.1) is 16.1 Å². The van der Waals surface area contributed by atoms with Gasteiger partial charge in [0.2, 0.25) is 0 Å². The van der Waals surface area contributed by atoms with Gasteiger partial charge in [-0.2, -0.15) is 5.26 Å². The molecule has 1 saturated heterocycles. The molecule has 0 amide bonds. The van der Waals surface area contributed by atoms with Crippen LogP contribution in [-0.4, -0.2) is 18.3 Å². The van der Waals surface area contributed by atoms with Crippen LogP contribution in [0.3, 0.4) is 0 Å². The van der Waals surface area contributed by atoms with E-state index in [1.54, 1.807) is 12.1 Å². The number of benzene rings is 1. The molecule has 4 nitrogen and oxygen atoms in total. The average Bonchev–Trinajstić information content (AvgIpc) is 2.42. The van der Waals surface area contributed by atoms with E-state index < -0.39 is 0 Å². The second-order valence-electron chi connectivity index (χ2n) is 4.48. The standard InChI is InChI=1S/C13H15BrN2O2.ClH/c14-11-6-8(7-15)5-10(13(11)17)12(16)9-1-3-18-4-2-9;/h5-6,9,12,17H,1-4,16H2;1H/t12-;/m0./s1. The van der Waals surface area contributed by atoms with Crippen molar-refractivity contribution in [2.45, 2.75) is 18.9 Å². The molecule has 1 aromatic rings. The number of nitriles is 1. The normalized spacial score (nSPS) is 17.3. The minimum atomic E-state index is -0.265. The van der Waals surface area contributed by atoms with Gasteiger partial charge in [0.25, 0.3) is 0 Å². The molecule has 0 aromatic heterocycles. The van der Waals surface area contributed by atoms with Gasteiger partial charge in [-0.1, -0.05) is 0 Å². The fourth-order valence-corrected chi connectivity index (χ4v) is 2.74. The molecule has 3 N–H and O–H groups in total. The molecule has 1 heterocycles. The van der Waals surface area contributed by atoms with E-state index >= 15 is 0 Å². The van der Waals surface area contributed by atoms with E-state index in [9.17, 15) is 5.11 Å². The summed E-state index contributed by atoms with van der Waals surface area (Å²) in [4.78, 5) is 0. The smallest absolute Gasteiger partial charge is 0.134 e. The summed E-state index contributed by atoms with van der Waals surface area (Å²) >= 11 is 3.25. The lowest BCUT2D eigenvalue weighted by molar-refractivity contribution is 0.0581. The van der Waals surface area contributed by atoms with Crippen LogP contribution in [0.25, 0.3) is 0 Å². The Morgan fingerprint density at radius 1 is 1.42 bits per heavy atom. The summed E-state index contributed by atoms with van der Waals surface area (Å²) in [7, 11) is 0. The number of aromatic hydroxyl groups is 1. The van der Waals surface area contributed by atoms with E-state index in [1.165, 1.54) is 0 Å². The van der Waals surface area contributed by atoms with Gasteiger partial charge in [-0.05, 0) is 46.8 Å². The molecule has 0 unspecified atom stereocenters. The van der Waals surface area contributed by atoms with Gasteiger partial charge < -0.3 is 15.6 Å². The Bertz CT molecular complexity index is 484. The lowest BCUT2D eigenvalue weighted by atomic mass is 9.87. The highest BCUT2D eigenvalue weighted by Gasteiger charge is 2.25. The highest BCUT2D eigenvalue weighted by Crippen LogP contribution is 2.37. The minimum absolute atomic E-state index is 0. The van der Waals surface area contributed by atoms with E-state index in [1.807, 2.05) is 0 Å². The molecule has 6 heteroatoms. The van der Waals surface area contributed by atoms with Crippen molar-refractivity contribution in [1.82, 2.24) is 0 Å². The van der Waals surface area contributed by atoms with Gasteiger partial charge in [0.1, 0.15) is 5.75 Å². The Morgan fingerprint density at radius 2 is 2.05 bits per heavy atom. The van der Waals surface area contributed by atoms with Gasteiger partial charge in [-0.15, -0.1) is 12.4 Å². The van der Waals surface area contributed by atoms with Crippen LogP contribution in [0.4, 0.5) is 0 Å². The number of halogens is 2. The Kier molecular flexibility index (Phi) is 6.08. The van der Waals surface area contributed by atoms with Crippen molar-refractivity contribution in [3.8, 4) is 11.8 Å². The van der Waals surface area contributed by atoms with Crippen LogP contribution in [0.2, 0.25) is 0 Å². The molecule has 0 saturated carbocycles. The fraction of sp³-hybridized carbons (Fsp3) is 0.462. The van der Waals surface area contributed by atoms with E-state index in [2.05, 4.69) is 22.0 Å². The second kappa shape index (κ2) is 7.11. The average molecular weight is 348 g/mol. The van der Waals surface area contributed by atoms with Crippen LogP contribution in [0.1, 0.15) is 30.0 Å².